The number of nitrogens with zero attached hydrogens (tertiary/aromatic N) is 1. The van der Waals surface area contributed by atoms with Crippen molar-refractivity contribution in [3.05, 3.63) is 28.8 Å². The highest BCUT2D eigenvalue weighted by molar-refractivity contribution is 8.00. The smallest absolute Gasteiger partial charge is 0.232 e. The molecule has 0 aromatic heterocycles. The van der Waals surface area contributed by atoms with Crippen LogP contribution in [0.3, 0.4) is 0 Å². The van der Waals surface area contributed by atoms with Crippen LogP contribution >= 0.6 is 23.4 Å². The summed E-state index contributed by atoms with van der Waals surface area (Å²) in [4.78, 5) is 14.6. The van der Waals surface area contributed by atoms with E-state index < -0.39 is 0 Å². The van der Waals surface area contributed by atoms with Crippen LogP contribution in [0.15, 0.2) is 23.1 Å². The molecule has 0 radical (unpaired) electrons. The van der Waals surface area contributed by atoms with Gasteiger partial charge in [-0.05, 0) is 24.5 Å². The lowest BCUT2D eigenvalue weighted by Crippen LogP contribution is -2.29. The van der Waals surface area contributed by atoms with E-state index in [1.807, 2.05) is 11.0 Å². The van der Waals surface area contributed by atoms with Crippen molar-refractivity contribution in [1.29, 1.82) is 0 Å². The van der Waals surface area contributed by atoms with Gasteiger partial charge in [-0.15, -0.1) is 11.8 Å². The van der Waals surface area contributed by atoms with E-state index in [4.69, 9.17) is 11.6 Å². The summed E-state index contributed by atoms with van der Waals surface area (Å²) in [7, 11) is 0. The zero-order valence-corrected chi connectivity index (χ0v) is 11.6. The number of aliphatic hydroxyl groups is 1. The molecule has 0 atom stereocenters. The number of hydrogen-bond acceptors (Lipinski definition) is 3. The number of amides is 1. The Morgan fingerprint density at radius 2 is 2.11 bits per heavy atom. The van der Waals surface area contributed by atoms with Gasteiger partial charge >= 0.3 is 0 Å². The normalized spacial score (nSPS) is 15.1. The van der Waals surface area contributed by atoms with Crippen molar-refractivity contribution in [2.45, 2.75) is 24.3 Å². The maximum atomic E-state index is 11.9. The summed E-state index contributed by atoms with van der Waals surface area (Å²) in [5.74, 6) is 0.540. The largest absolute Gasteiger partial charge is 0.392 e. The second-order valence-corrected chi connectivity index (χ2v) is 5.66. The van der Waals surface area contributed by atoms with Crippen LogP contribution < -0.4 is 0 Å². The lowest BCUT2D eigenvalue weighted by atomic mass is 10.2. The van der Waals surface area contributed by atoms with E-state index in [-0.39, 0.29) is 12.5 Å². The molecule has 1 aromatic carbocycles. The standard InChI is InChI=1S/C13H16ClNO2S/c14-11-5-3-4-10(8-16)13(11)18-9-12(17)15-6-1-2-7-15/h3-5,16H,1-2,6-9H2. The summed E-state index contributed by atoms with van der Waals surface area (Å²) in [6, 6.07) is 5.41. The molecule has 98 valence electrons. The first-order chi connectivity index (χ1) is 8.72. The Balaban J connectivity index is 1.99. The Morgan fingerprint density at radius 1 is 1.39 bits per heavy atom. The van der Waals surface area contributed by atoms with Gasteiger partial charge in [0.2, 0.25) is 5.91 Å². The lowest BCUT2D eigenvalue weighted by molar-refractivity contribution is -0.127. The number of benzene rings is 1. The van der Waals surface area contributed by atoms with Crippen molar-refractivity contribution >= 4 is 29.3 Å². The molecule has 18 heavy (non-hydrogen) atoms. The number of aliphatic hydroxyl groups excluding tert-OH is 1. The minimum Gasteiger partial charge on any atom is -0.392 e. The van der Waals surface area contributed by atoms with Crippen LogP contribution in [0.2, 0.25) is 5.02 Å². The highest BCUT2D eigenvalue weighted by atomic mass is 35.5. The molecule has 2 rings (SSSR count). The summed E-state index contributed by atoms with van der Waals surface area (Å²) >= 11 is 7.50. The number of thioether (sulfide) groups is 1. The van der Waals surface area contributed by atoms with E-state index in [0.29, 0.717) is 10.8 Å². The van der Waals surface area contributed by atoms with Crippen LogP contribution in [-0.2, 0) is 11.4 Å². The van der Waals surface area contributed by atoms with Gasteiger partial charge in [0.25, 0.3) is 0 Å². The second-order valence-electron chi connectivity index (χ2n) is 4.26. The van der Waals surface area contributed by atoms with Gasteiger partial charge in [0, 0.05) is 18.0 Å². The first-order valence-corrected chi connectivity index (χ1v) is 7.37. The monoisotopic (exact) mass is 285 g/mol. The molecule has 1 heterocycles. The fourth-order valence-electron chi connectivity index (χ4n) is 2.03. The molecular weight excluding hydrogens is 270 g/mol. The number of likely N-dealkylation sites (tertiary alicyclic amines) is 1. The molecule has 0 bridgehead atoms. The minimum atomic E-state index is -0.0548. The molecule has 5 heteroatoms. The highest BCUT2D eigenvalue weighted by Crippen LogP contribution is 2.31. The van der Waals surface area contributed by atoms with Gasteiger partial charge in [-0.25, -0.2) is 0 Å². The summed E-state index contributed by atoms with van der Waals surface area (Å²) in [6.07, 6.45) is 2.20. The highest BCUT2D eigenvalue weighted by Gasteiger charge is 2.18. The fourth-order valence-corrected chi connectivity index (χ4v) is 3.36. The van der Waals surface area contributed by atoms with Gasteiger partial charge in [-0.1, -0.05) is 23.7 Å². The third kappa shape index (κ3) is 3.19. The number of hydrogen-bond donors (Lipinski definition) is 1. The molecule has 0 saturated carbocycles. The lowest BCUT2D eigenvalue weighted by Gasteiger charge is -2.15. The summed E-state index contributed by atoms with van der Waals surface area (Å²) in [6.45, 7) is 1.68. The quantitative estimate of drug-likeness (QED) is 0.865. The first-order valence-electron chi connectivity index (χ1n) is 6.01. The molecule has 0 aliphatic carbocycles. The van der Waals surface area contributed by atoms with Gasteiger partial charge in [-0.3, -0.25) is 4.79 Å². The average Bonchev–Trinajstić information content (AvgIpc) is 2.90. The molecule has 1 aliphatic heterocycles. The Labute approximate surface area is 116 Å². The first kappa shape index (κ1) is 13.7. The van der Waals surface area contributed by atoms with E-state index in [9.17, 15) is 9.90 Å². The molecule has 1 fully saturated rings. The van der Waals surface area contributed by atoms with Gasteiger partial charge in [0.05, 0.1) is 17.4 Å². The number of carbonyl (C=O) groups is 1. The zero-order chi connectivity index (χ0) is 13.0. The van der Waals surface area contributed by atoms with Crippen molar-refractivity contribution in [2.75, 3.05) is 18.8 Å². The van der Waals surface area contributed by atoms with Crippen molar-refractivity contribution < 1.29 is 9.90 Å². The van der Waals surface area contributed by atoms with Crippen LogP contribution in [-0.4, -0.2) is 34.8 Å². The molecular formula is C13H16ClNO2S. The van der Waals surface area contributed by atoms with Gasteiger partial charge in [-0.2, -0.15) is 0 Å². The summed E-state index contributed by atoms with van der Waals surface area (Å²) in [5.41, 5.74) is 0.779. The SMILES string of the molecule is O=C(CSc1c(Cl)cccc1CO)N1CCCC1. The zero-order valence-electron chi connectivity index (χ0n) is 10.1. The number of rotatable bonds is 4. The fraction of sp³-hybridized carbons (Fsp3) is 0.462. The molecule has 0 unspecified atom stereocenters. The summed E-state index contributed by atoms with van der Waals surface area (Å²) in [5, 5.41) is 9.85. The van der Waals surface area contributed by atoms with Crippen LogP contribution in [0, 0.1) is 0 Å². The maximum Gasteiger partial charge on any atom is 0.232 e. The Bertz CT molecular complexity index is 433. The van der Waals surface area contributed by atoms with Crippen molar-refractivity contribution in [1.82, 2.24) is 4.90 Å². The Morgan fingerprint density at radius 3 is 2.78 bits per heavy atom. The molecule has 1 aliphatic rings. The number of halogens is 1. The van der Waals surface area contributed by atoms with Crippen molar-refractivity contribution in [3.63, 3.8) is 0 Å². The van der Waals surface area contributed by atoms with Crippen LogP contribution in [0.4, 0.5) is 0 Å². The second kappa shape index (κ2) is 6.45. The topological polar surface area (TPSA) is 40.5 Å². The number of carbonyl (C=O) groups excluding carboxylic acids is 1. The van der Waals surface area contributed by atoms with Crippen molar-refractivity contribution in [2.24, 2.45) is 0 Å². The predicted octanol–water partition coefficient (Wildman–Crippen LogP) is 2.55. The Kier molecular flexibility index (Phi) is 4.92. The van der Waals surface area contributed by atoms with Crippen LogP contribution in [0.5, 0.6) is 0 Å². The predicted molar refractivity (Wildman–Crippen MR) is 73.9 cm³/mol. The van der Waals surface area contributed by atoms with Crippen LogP contribution in [0.1, 0.15) is 18.4 Å². The third-order valence-corrected chi connectivity index (χ3v) is 4.61. The van der Waals surface area contributed by atoms with E-state index in [0.717, 1.165) is 36.4 Å². The molecule has 1 aromatic rings. The Hall–Kier alpha value is -0.710. The average molecular weight is 286 g/mol. The van der Waals surface area contributed by atoms with E-state index in [1.54, 1.807) is 12.1 Å². The van der Waals surface area contributed by atoms with Gasteiger partial charge in [0.1, 0.15) is 0 Å². The molecule has 1 N–H and O–H groups in total. The molecule has 3 nitrogen and oxygen atoms in total. The maximum absolute atomic E-state index is 11.9. The van der Waals surface area contributed by atoms with E-state index >= 15 is 0 Å². The minimum absolute atomic E-state index is 0.0548. The molecule has 1 saturated heterocycles. The van der Waals surface area contributed by atoms with Gasteiger partial charge in [0.15, 0.2) is 0 Å². The van der Waals surface area contributed by atoms with E-state index in [1.165, 1.54) is 11.8 Å². The summed E-state index contributed by atoms with van der Waals surface area (Å²) < 4.78 is 0. The van der Waals surface area contributed by atoms with Gasteiger partial charge < -0.3 is 10.0 Å². The third-order valence-electron chi connectivity index (χ3n) is 3.02. The molecule has 0 spiro atoms. The van der Waals surface area contributed by atoms with E-state index in [2.05, 4.69) is 0 Å². The van der Waals surface area contributed by atoms with Crippen molar-refractivity contribution in [3.8, 4) is 0 Å². The molecule has 1 amide bonds. The van der Waals surface area contributed by atoms with Crippen LogP contribution in [0.25, 0.3) is 0 Å².